The van der Waals surface area contributed by atoms with Gasteiger partial charge < -0.3 is 15.1 Å². The van der Waals surface area contributed by atoms with E-state index < -0.39 is 0 Å². The van der Waals surface area contributed by atoms with Crippen LogP contribution >= 0.6 is 0 Å². The van der Waals surface area contributed by atoms with Crippen molar-refractivity contribution < 1.29 is 9.21 Å². The molecule has 2 aliphatic carbocycles. The van der Waals surface area contributed by atoms with Crippen LogP contribution in [0.4, 0.5) is 5.69 Å². The number of anilines is 1. The summed E-state index contributed by atoms with van der Waals surface area (Å²) in [4.78, 5) is 16.4. The van der Waals surface area contributed by atoms with E-state index in [0.29, 0.717) is 12.5 Å². The topological polar surface area (TPSA) is 67.2 Å². The van der Waals surface area contributed by atoms with Crippen LogP contribution in [-0.4, -0.2) is 24.0 Å². The predicted molar refractivity (Wildman–Crippen MR) is 80.2 cm³/mol. The number of nitrogens with one attached hydrogen (secondary N) is 2. The molecule has 0 bridgehead atoms. The largest absolute Gasteiger partial charge is 0.440 e. The fraction of sp³-hybridized carbons (Fsp3) is 0.500. The number of fused-ring (bicyclic) bond motifs is 1. The third-order valence-electron chi connectivity index (χ3n) is 4.03. The maximum atomic E-state index is 11.9. The van der Waals surface area contributed by atoms with E-state index >= 15 is 0 Å². The quantitative estimate of drug-likeness (QED) is 0.856. The molecule has 1 aromatic heterocycles. The molecular weight excluding hydrogens is 266 g/mol. The Morgan fingerprint density at radius 3 is 2.90 bits per heavy atom. The fourth-order valence-corrected chi connectivity index (χ4v) is 2.44. The molecule has 0 saturated heterocycles. The van der Waals surface area contributed by atoms with Gasteiger partial charge in [-0.15, -0.1) is 0 Å². The Labute approximate surface area is 123 Å². The molecule has 5 nitrogen and oxygen atoms in total. The molecule has 2 N–H and O–H groups in total. The van der Waals surface area contributed by atoms with Gasteiger partial charge in [0.1, 0.15) is 5.52 Å². The zero-order valence-electron chi connectivity index (χ0n) is 11.9. The lowest BCUT2D eigenvalue weighted by Gasteiger charge is -2.05. The van der Waals surface area contributed by atoms with Gasteiger partial charge in [0.05, 0.1) is 6.54 Å². The number of benzene rings is 1. The van der Waals surface area contributed by atoms with Gasteiger partial charge in [-0.1, -0.05) is 0 Å². The van der Waals surface area contributed by atoms with Gasteiger partial charge in [-0.05, 0) is 56.3 Å². The number of aromatic nitrogens is 1. The summed E-state index contributed by atoms with van der Waals surface area (Å²) < 4.78 is 5.71. The summed E-state index contributed by atoms with van der Waals surface area (Å²) in [6.45, 7) is 1.31. The normalized spacial score (nSPS) is 18.1. The van der Waals surface area contributed by atoms with Gasteiger partial charge >= 0.3 is 0 Å². The molecule has 4 rings (SSSR count). The lowest BCUT2D eigenvalue weighted by Crippen LogP contribution is -2.29. The van der Waals surface area contributed by atoms with Crippen molar-refractivity contribution in [2.45, 2.75) is 31.6 Å². The molecule has 5 heteroatoms. The SMILES string of the molecule is O=C(CNCC1CC1)Nc1ccc2oc(C3CC3)nc2c1. The molecular formula is C16H19N3O2. The summed E-state index contributed by atoms with van der Waals surface area (Å²) in [5, 5.41) is 6.08. The van der Waals surface area contributed by atoms with Gasteiger partial charge in [-0.3, -0.25) is 4.79 Å². The van der Waals surface area contributed by atoms with Gasteiger partial charge in [-0.2, -0.15) is 0 Å². The van der Waals surface area contributed by atoms with Crippen LogP contribution in [0.25, 0.3) is 11.1 Å². The lowest BCUT2D eigenvalue weighted by molar-refractivity contribution is -0.115. The molecule has 0 atom stereocenters. The fourth-order valence-electron chi connectivity index (χ4n) is 2.44. The van der Waals surface area contributed by atoms with Crippen molar-refractivity contribution in [3.05, 3.63) is 24.1 Å². The average molecular weight is 285 g/mol. The van der Waals surface area contributed by atoms with Crippen molar-refractivity contribution in [3.63, 3.8) is 0 Å². The van der Waals surface area contributed by atoms with Crippen LogP contribution in [-0.2, 0) is 4.79 Å². The van der Waals surface area contributed by atoms with Crippen LogP contribution in [0.2, 0.25) is 0 Å². The zero-order chi connectivity index (χ0) is 14.2. The lowest BCUT2D eigenvalue weighted by atomic mass is 10.3. The van der Waals surface area contributed by atoms with E-state index in [9.17, 15) is 4.79 Å². The molecule has 0 spiro atoms. The Morgan fingerprint density at radius 2 is 2.14 bits per heavy atom. The second-order valence-corrected chi connectivity index (χ2v) is 6.13. The highest BCUT2D eigenvalue weighted by Gasteiger charge is 2.28. The Bertz CT molecular complexity index is 671. The molecule has 1 aromatic carbocycles. The summed E-state index contributed by atoms with van der Waals surface area (Å²) >= 11 is 0. The highest BCUT2D eigenvalue weighted by Crippen LogP contribution is 2.40. The van der Waals surface area contributed by atoms with Crippen molar-refractivity contribution >= 4 is 22.7 Å². The number of amides is 1. The first kappa shape index (κ1) is 12.8. The number of hydrogen-bond acceptors (Lipinski definition) is 4. The average Bonchev–Trinajstić information content (AvgIpc) is 3.37. The highest BCUT2D eigenvalue weighted by atomic mass is 16.3. The van der Waals surface area contributed by atoms with Gasteiger partial charge in [0, 0.05) is 11.6 Å². The molecule has 0 unspecified atom stereocenters. The van der Waals surface area contributed by atoms with E-state index in [-0.39, 0.29) is 5.91 Å². The first-order valence-electron chi connectivity index (χ1n) is 7.69. The van der Waals surface area contributed by atoms with Crippen molar-refractivity contribution in [3.8, 4) is 0 Å². The number of oxazole rings is 1. The van der Waals surface area contributed by atoms with Crippen LogP contribution in [0.5, 0.6) is 0 Å². The molecule has 0 aliphatic heterocycles. The van der Waals surface area contributed by atoms with Gasteiger partial charge in [0.15, 0.2) is 11.5 Å². The zero-order valence-corrected chi connectivity index (χ0v) is 11.9. The Kier molecular flexibility index (Phi) is 3.15. The minimum Gasteiger partial charge on any atom is -0.440 e. The molecule has 1 amide bonds. The van der Waals surface area contributed by atoms with Gasteiger partial charge in [0.2, 0.25) is 5.91 Å². The van der Waals surface area contributed by atoms with Crippen LogP contribution in [0.1, 0.15) is 37.5 Å². The summed E-state index contributed by atoms with van der Waals surface area (Å²) in [7, 11) is 0. The number of carbonyl (C=O) groups excluding carboxylic acids is 1. The van der Waals surface area contributed by atoms with Crippen molar-refractivity contribution in [1.29, 1.82) is 0 Å². The Balaban J connectivity index is 1.39. The highest BCUT2D eigenvalue weighted by molar-refractivity contribution is 5.94. The van der Waals surface area contributed by atoms with Crippen molar-refractivity contribution in [1.82, 2.24) is 10.3 Å². The Hall–Kier alpha value is -1.88. The number of hydrogen-bond donors (Lipinski definition) is 2. The molecule has 2 aliphatic rings. The maximum Gasteiger partial charge on any atom is 0.238 e. The second-order valence-electron chi connectivity index (χ2n) is 6.13. The number of rotatable bonds is 6. The van der Waals surface area contributed by atoms with E-state index in [1.165, 1.54) is 25.7 Å². The molecule has 2 saturated carbocycles. The van der Waals surface area contributed by atoms with Crippen molar-refractivity contribution in [2.75, 3.05) is 18.4 Å². The monoisotopic (exact) mass is 285 g/mol. The second kappa shape index (κ2) is 5.15. The first-order valence-corrected chi connectivity index (χ1v) is 7.69. The van der Waals surface area contributed by atoms with E-state index in [1.54, 1.807) is 0 Å². The van der Waals surface area contributed by atoms with Crippen LogP contribution < -0.4 is 10.6 Å². The minimum atomic E-state index is -0.0130. The smallest absolute Gasteiger partial charge is 0.238 e. The van der Waals surface area contributed by atoms with E-state index in [0.717, 1.165) is 35.1 Å². The van der Waals surface area contributed by atoms with E-state index in [4.69, 9.17) is 4.42 Å². The summed E-state index contributed by atoms with van der Waals surface area (Å²) in [5.41, 5.74) is 2.39. The third kappa shape index (κ3) is 3.08. The van der Waals surface area contributed by atoms with E-state index in [2.05, 4.69) is 15.6 Å². The van der Waals surface area contributed by atoms with Crippen LogP contribution in [0.15, 0.2) is 22.6 Å². The van der Waals surface area contributed by atoms with Gasteiger partial charge in [-0.25, -0.2) is 4.98 Å². The first-order chi connectivity index (χ1) is 10.3. The van der Waals surface area contributed by atoms with Crippen LogP contribution in [0.3, 0.4) is 0 Å². The molecule has 0 radical (unpaired) electrons. The molecule has 1 heterocycles. The third-order valence-corrected chi connectivity index (χ3v) is 4.03. The molecule has 21 heavy (non-hydrogen) atoms. The summed E-state index contributed by atoms with van der Waals surface area (Å²) in [6.07, 6.45) is 4.92. The van der Waals surface area contributed by atoms with Crippen LogP contribution in [0, 0.1) is 5.92 Å². The summed E-state index contributed by atoms with van der Waals surface area (Å²) in [5.74, 6) is 2.10. The maximum absolute atomic E-state index is 11.9. The minimum absolute atomic E-state index is 0.0130. The molecule has 110 valence electrons. The number of carbonyl (C=O) groups is 1. The summed E-state index contributed by atoms with van der Waals surface area (Å²) in [6, 6.07) is 5.62. The molecule has 2 aromatic rings. The van der Waals surface area contributed by atoms with Crippen molar-refractivity contribution in [2.24, 2.45) is 5.92 Å². The molecule has 2 fully saturated rings. The predicted octanol–water partition coefficient (Wildman–Crippen LogP) is 2.64. The van der Waals surface area contributed by atoms with Gasteiger partial charge in [0.25, 0.3) is 0 Å². The standard InChI is InChI=1S/C16H19N3O2/c20-15(9-17-8-10-1-2-10)18-12-5-6-14-13(7-12)19-16(21-14)11-3-4-11/h5-7,10-11,17H,1-4,8-9H2,(H,18,20). The number of nitrogens with zero attached hydrogens (tertiary/aromatic N) is 1. The Morgan fingerprint density at radius 1 is 1.29 bits per heavy atom. The van der Waals surface area contributed by atoms with E-state index in [1.807, 2.05) is 18.2 Å².